The molecule has 3 heterocycles. The van der Waals surface area contributed by atoms with E-state index in [1.807, 2.05) is 6.92 Å². The van der Waals surface area contributed by atoms with Crippen molar-refractivity contribution in [3.05, 3.63) is 54.6 Å². The van der Waals surface area contributed by atoms with Crippen molar-refractivity contribution in [3.8, 4) is 0 Å². The monoisotopic (exact) mass is 547 g/mol. The Hall–Kier alpha value is -3.10. The molecule has 2 aliphatic rings. The molecule has 2 fully saturated rings. The summed E-state index contributed by atoms with van der Waals surface area (Å²) in [7, 11) is -3.78. The smallest absolute Gasteiger partial charge is 0.475 e. The van der Waals surface area contributed by atoms with Gasteiger partial charge < -0.3 is 15.2 Å². The van der Waals surface area contributed by atoms with E-state index in [0.717, 1.165) is 6.07 Å². The third-order valence-corrected chi connectivity index (χ3v) is 8.13. The number of carbonyl (C=O) groups is 2. The number of nitrogens with one attached hydrogen (secondary N) is 1. The summed E-state index contributed by atoms with van der Waals surface area (Å²) in [4.78, 5) is 25.4. The second-order valence-electron chi connectivity index (χ2n) is 8.72. The Kier molecular flexibility index (Phi) is 8.55. The predicted molar refractivity (Wildman–Crippen MR) is 122 cm³/mol. The predicted octanol–water partition coefficient (Wildman–Crippen LogP) is 3.44. The van der Waals surface area contributed by atoms with Crippen LogP contribution in [-0.4, -0.2) is 65.7 Å². The van der Waals surface area contributed by atoms with E-state index >= 15 is 0 Å². The molecular weight excluding hydrogens is 522 g/mol. The van der Waals surface area contributed by atoms with Crippen LogP contribution < -0.4 is 5.32 Å². The van der Waals surface area contributed by atoms with Gasteiger partial charge in [-0.25, -0.2) is 17.6 Å². The standard InChI is InChI=1S/C21H24FN3O4S.C2HF3O2/c1-15-14-25(30(27,28)18-6-2-4-16(22)12-18)11-9-21(15)8-7-19(29-21)20(26)24-17-5-3-10-23-13-17;3-2(4,5)1(6)7/h2-6,10,12-13,15,19H,7-9,11,14H2,1H3,(H,24,26);(H,6,7). The Morgan fingerprint density at radius 2 is 1.92 bits per heavy atom. The Morgan fingerprint density at radius 3 is 2.49 bits per heavy atom. The van der Waals surface area contributed by atoms with Crippen LogP contribution >= 0.6 is 0 Å². The van der Waals surface area contributed by atoms with Crippen LogP contribution in [-0.2, 0) is 24.3 Å². The van der Waals surface area contributed by atoms with Crippen LogP contribution in [0.5, 0.6) is 0 Å². The molecule has 1 aromatic heterocycles. The van der Waals surface area contributed by atoms with Crippen molar-refractivity contribution in [1.29, 1.82) is 0 Å². The van der Waals surface area contributed by atoms with Crippen molar-refractivity contribution in [2.45, 2.75) is 49.0 Å². The Morgan fingerprint density at radius 1 is 1.22 bits per heavy atom. The maximum atomic E-state index is 13.5. The molecule has 0 radical (unpaired) electrons. The van der Waals surface area contributed by atoms with Crippen molar-refractivity contribution in [1.82, 2.24) is 9.29 Å². The van der Waals surface area contributed by atoms with Gasteiger partial charge in [-0.2, -0.15) is 17.5 Å². The summed E-state index contributed by atoms with van der Waals surface area (Å²) in [5.41, 5.74) is 0.0707. The van der Waals surface area contributed by atoms with Crippen LogP contribution in [0.2, 0.25) is 0 Å². The first-order valence-corrected chi connectivity index (χ1v) is 12.6. The molecule has 0 aliphatic carbocycles. The molecule has 1 spiro atoms. The normalized spacial score (nSPS) is 24.2. The molecule has 4 rings (SSSR count). The number of aliphatic carboxylic acids is 1. The van der Waals surface area contributed by atoms with E-state index in [4.69, 9.17) is 14.6 Å². The zero-order chi connectivity index (χ0) is 27.4. The fraction of sp³-hybridized carbons (Fsp3) is 0.435. The lowest BCUT2D eigenvalue weighted by Gasteiger charge is -2.43. The molecule has 14 heteroatoms. The van der Waals surface area contributed by atoms with E-state index in [-0.39, 0.29) is 29.8 Å². The van der Waals surface area contributed by atoms with Crippen molar-refractivity contribution in [2.24, 2.45) is 5.92 Å². The highest BCUT2D eigenvalue weighted by Gasteiger charge is 2.50. The minimum atomic E-state index is -5.08. The number of piperidine rings is 1. The summed E-state index contributed by atoms with van der Waals surface area (Å²) in [5, 5.41) is 9.94. The summed E-state index contributed by atoms with van der Waals surface area (Å²) >= 11 is 0. The molecule has 37 heavy (non-hydrogen) atoms. The van der Waals surface area contributed by atoms with E-state index in [1.54, 1.807) is 24.5 Å². The summed E-state index contributed by atoms with van der Waals surface area (Å²) < 4.78 is 78.7. The highest BCUT2D eigenvalue weighted by molar-refractivity contribution is 7.89. The van der Waals surface area contributed by atoms with Crippen LogP contribution in [0.25, 0.3) is 0 Å². The number of carboxylic acid groups (broad SMARTS) is 1. The number of hydrogen-bond donors (Lipinski definition) is 2. The van der Waals surface area contributed by atoms with Gasteiger partial charge in [0.05, 0.1) is 22.4 Å². The quantitative estimate of drug-likeness (QED) is 0.562. The molecular formula is C23H25F4N3O6S. The van der Waals surface area contributed by atoms with Gasteiger partial charge in [0.1, 0.15) is 11.9 Å². The van der Waals surface area contributed by atoms with Gasteiger partial charge in [0.2, 0.25) is 10.0 Å². The molecule has 2 N–H and O–H groups in total. The van der Waals surface area contributed by atoms with E-state index in [2.05, 4.69) is 10.3 Å². The van der Waals surface area contributed by atoms with E-state index in [0.29, 0.717) is 24.9 Å². The highest BCUT2D eigenvalue weighted by Crippen LogP contribution is 2.43. The molecule has 0 saturated carbocycles. The van der Waals surface area contributed by atoms with Crippen LogP contribution in [0.1, 0.15) is 26.2 Å². The van der Waals surface area contributed by atoms with Gasteiger partial charge in [-0.15, -0.1) is 0 Å². The Labute approximate surface area is 210 Å². The lowest BCUT2D eigenvalue weighted by atomic mass is 9.81. The average molecular weight is 548 g/mol. The number of amides is 1. The summed E-state index contributed by atoms with van der Waals surface area (Å²) in [6.07, 6.45) is -0.718. The van der Waals surface area contributed by atoms with Crippen LogP contribution in [0.3, 0.4) is 0 Å². The van der Waals surface area contributed by atoms with Crippen molar-refractivity contribution < 1.29 is 45.4 Å². The van der Waals surface area contributed by atoms with Gasteiger partial charge >= 0.3 is 12.1 Å². The molecule has 1 aromatic carbocycles. The van der Waals surface area contributed by atoms with Crippen LogP contribution in [0.15, 0.2) is 53.7 Å². The number of anilines is 1. The third-order valence-electron chi connectivity index (χ3n) is 6.26. The van der Waals surface area contributed by atoms with Crippen molar-refractivity contribution >= 4 is 27.6 Å². The van der Waals surface area contributed by atoms with E-state index in [9.17, 15) is 30.8 Å². The average Bonchev–Trinajstić information content (AvgIpc) is 3.27. The molecule has 2 saturated heterocycles. The second kappa shape index (κ2) is 11.1. The lowest BCUT2D eigenvalue weighted by molar-refractivity contribution is -0.192. The number of carbonyl (C=O) groups excluding carboxylic acids is 1. The second-order valence-corrected chi connectivity index (χ2v) is 10.7. The fourth-order valence-electron chi connectivity index (χ4n) is 4.29. The van der Waals surface area contributed by atoms with E-state index in [1.165, 1.54) is 22.5 Å². The van der Waals surface area contributed by atoms with Crippen molar-refractivity contribution in [3.63, 3.8) is 0 Å². The number of ether oxygens (including phenoxy) is 1. The number of carboxylic acids is 1. The fourth-order valence-corrected chi connectivity index (χ4v) is 5.85. The van der Waals surface area contributed by atoms with Crippen LogP contribution in [0, 0.1) is 11.7 Å². The molecule has 3 atom stereocenters. The van der Waals surface area contributed by atoms with E-state index < -0.39 is 39.7 Å². The molecule has 2 aliphatic heterocycles. The van der Waals surface area contributed by atoms with Gasteiger partial charge in [-0.3, -0.25) is 9.78 Å². The first-order valence-electron chi connectivity index (χ1n) is 11.2. The summed E-state index contributed by atoms with van der Waals surface area (Å²) in [5.74, 6) is -3.67. The van der Waals surface area contributed by atoms with Gasteiger partial charge in [0.25, 0.3) is 5.91 Å². The summed E-state index contributed by atoms with van der Waals surface area (Å²) in [6.45, 7) is 2.46. The maximum absolute atomic E-state index is 13.5. The molecule has 1 amide bonds. The Bertz CT molecular complexity index is 1230. The number of rotatable bonds is 4. The number of nitrogens with zero attached hydrogens (tertiary/aromatic N) is 2. The molecule has 3 unspecified atom stereocenters. The minimum absolute atomic E-state index is 0.0493. The van der Waals surface area contributed by atoms with Crippen molar-refractivity contribution in [2.75, 3.05) is 18.4 Å². The number of benzene rings is 1. The third kappa shape index (κ3) is 6.81. The molecule has 202 valence electrons. The SMILES string of the molecule is CC1CN(S(=O)(=O)c2cccc(F)c2)CCC12CCC(C(=O)Nc1cccnc1)O2.O=C(O)C(F)(F)F. The zero-order valence-corrected chi connectivity index (χ0v) is 20.4. The summed E-state index contributed by atoms with van der Waals surface area (Å²) in [6, 6.07) is 8.55. The Balaban J connectivity index is 0.000000479. The number of halogens is 4. The number of aromatic nitrogens is 1. The largest absolute Gasteiger partial charge is 0.490 e. The number of alkyl halides is 3. The topological polar surface area (TPSA) is 126 Å². The minimum Gasteiger partial charge on any atom is -0.475 e. The van der Waals surface area contributed by atoms with Gasteiger partial charge in [-0.05, 0) is 55.5 Å². The lowest BCUT2D eigenvalue weighted by Crippen LogP contribution is -2.52. The number of pyridine rings is 1. The molecule has 2 aromatic rings. The highest BCUT2D eigenvalue weighted by atomic mass is 32.2. The first kappa shape index (κ1) is 28.5. The van der Waals surface area contributed by atoms with Gasteiger partial charge in [0, 0.05) is 19.3 Å². The zero-order valence-electron chi connectivity index (χ0n) is 19.6. The maximum Gasteiger partial charge on any atom is 0.490 e. The van der Waals surface area contributed by atoms with Gasteiger partial charge in [-0.1, -0.05) is 13.0 Å². The first-order chi connectivity index (χ1) is 17.2. The molecule has 9 nitrogen and oxygen atoms in total. The number of hydrogen-bond acceptors (Lipinski definition) is 6. The molecule has 0 bridgehead atoms. The van der Waals surface area contributed by atoms with Crippen LogP contribution in [0.4, 0.5) is 23.2 Å². The number of sulfonamides is 1. The van der Waals surface area contributed by atoms with Gasteiger partial charge in [0.15, 0.2) is 0 Å².